The van der Waals surface area contributed by atoms with Gasteiger partial charge in [0, 0.05) is 29.9 Å². The average Bonchev–Trinajstić information content (AvgIpc) is 3.29. The minimum atomic E-state index is -3.66. The average molecular weight is 482 g/mol. The second-order valence-corrected chi connectivity index (χ2v) is 9.96. The lowest BCUT2D eigenvalue weighted by molar-refractivity contribution is -0.119. The standard InChI is InChI=1S/C25H27N3O5S/c1-3-28(4-2)34(31,32)18-10-7-9-17(15-18)26-23(29)16-33-25(30)24-19-11-5-6-13-21(19)27-22-14-8-12-20(22)24/h5-7,9-11,13,15H,3-4,8,12,14,16H2,1-2H3,(H,26,29). The first-order chi connectivity index (χ1) is 16.3. The van der Waals surface area contributed by atoms with Crippen LogP contribution in [0.3, 0.4) is 0 Å². The largest absolute Gasteiger partial charge is 0.452 e. The fraction of sp³-hybridized carbons (Fsp3) is 0.320. The highest BCUT2D eigenvalue weighted by Crippen LogP contribution is 2.30. The second kappa shape index (κ2) is 9.90. The van der Waals surface area contributed by atoms with Gasteiger partial charge in [0.15, 0.2) is 6.61 Å². The van der Waals surface area contributed by atoms with Crippen LogP contribution in [0.5, 0.6) is 0 Å². The van der Waals surface area contributed by atoms with E-state index >= 15 is 0 Å². The number of nitrogens with one attached hydrogen (secondary N) is 1. The molecule has 0 saturated heterocycles. The van der Waals surface area contributed by atoms with Crippen LogP contribution in [-0.4, -0.2) is 49.3 Å². The molecule has 0 saturated carbocycles. The maximum atomic E-state index is 13.0. The Balaban J connectivity index is 1.48. The fourth-order valence-electron chi connectivity index (χ4n) is 4.29. The second-order valence-electron chi connectivity index (χ2n) is 8.02. The lowest BCUT2D eigenvalue weighted by Crippen LogP contribution is -2.30. The molecule has 0 radical (unpaired) electrons. The third kappa shape index (κ3) is 4.67. The molecule has 2 aromatic carbocycles. The molecule has 0 bridgehead atoms. The zero-order valence-electron chi connectivity index (χ0n) is 19.2. The lowest BCUT2D eigenvalue weighted by atomic mass is 10.0. The number of aromatic nitrogens is 1. The Kier molecular flexibility index (Phi) is 6.95. The van der Waals surface area contributed by atoms with E-state index in [1.54, 1.807) is 26.0 Å². The minimum absolute atomic E-state index is 0.0878. The molecule has 0 atom stereocenters. The molecule has 0 unspecified atom stereocenters. The van der Waals surface area contributed by atoms with Crippen LogP contribution in [0.4, 0.5) is 5.69 Å². The van der Waals surface area contributed by atoms with Gasteiger partial charge in [0.05, 0.1) is 16.0 Å². The van der Waals surface area contributed by atoms with Crippen molar-refractivity contribution in [2.75, 3.05) is 25.0 Å². The Labute approximate surface area is 199 Å². The molecule has 3 aromatic rings. The van der Waals surface area contributed by atoms with Gasteiger partial charge in [-0.05, 0) is 49.1 Å². The van der Waals surface area contributed by atoms with Crippen LogP contribution >= 0.6 is 0 Å². The molecule has 8 nitrogen and oxygen atoms in total. The molecule has 34 heavy (non-hydrogen) atoms. The molecule has 178 valence electrons. The van der Waals surface area contributed by atoms with Gasteiger partial charge in [-0.25, -0.2) is 13.2 Å². The van der Waals surface area contributed by atoms with Crippen LogP contribution in [0.15, 0.2) is 53.4 Å². The summed E-state index contributed by atoms with van der Waals surface area (Å²) in [6.45, 7) is 3.74. The molecule has 1 amide bonds. The van der Waals surface area contributed by atoms with Gasteiger partial charge in [-0.15, -0.1) is 0 Å². The van der Waals surface area contributed by atoms with Crippen molar-refractivity contribution < 1.29 is 22.7 Å². The van der Waals surface area contributed by atoms with Gasteiger partial charge in [-0.1, -0.05) is 38.1 Å². The summed E-state index contributed by atoms with van der Waals surface area (Å²) in [5.41, 5.74) is 3.30. The molecule has 0 fully saturated rings. The van der Waals surface area contributed by atoms with Crippen molar-refractivity contribution in [2.24, 2.45) is 0 Å². The highest BCUT2D eigenvalue weighted by Gasteiger charge is 2.25. The number of carbonyl (C=O) groups excluding carboxylic acids is 2. The van der Waals surface area contributed by atoms with Crippen molar-refractivity contribution >= 4 is 38.5 Å². The summed E-state index contributed by atoms with van der Waals surface area (Å²) in [5, 5.41) is 3.33. The number of sulfonamides is 1. The first-order valence-electron chi connectivity index (χ1n) is 11.3. The Bertz CT molecular complexity index is 1350. The maximum Gasteiger partial charge on any atom is 0.339 e. The van der Waals surface area contributed by atoms with Gasteiger partial charge in [-0.3, -0.25) is 9.78 Å². The summed E-state index contributed by atoms with van der Waals surface area (Å²) in [7, 11) is -3.66. The molecule has 1 N–H and O–H groups in total. The molecule has 1 aromatic heterocycles. The number of hydrogen-bond acceptors (Lipinski definition) is 6. The van der Waals surface area contributed by atoms with E-state index in [1.807, 2.05) is 24.3 Å². The molecule has 1 aliphatic rings. The van der Waals surface area contributed by atoms with E-state index in [-0.39, 0.29) is 4.90 Å². The van der Waals surface area contributed by atoms with Gasteiger partial charge in [0.1, 0.15) is 0 Å². The SMILES string of the molecule is CCN(CC)S(=O)(=O)c1cccc(NC(=O)COC(=O)c2c3c(nc4ccccc24)CCC3)c1. The van der Waals surface area contributed by atoms with Crippen LogP contribution in [0, 0.1) is 0 Å². The molecule has 1 aliphatic carbocycles. The van der Waals surface area contributed by atoms with Crippen LogP contribution in [0.1, 0.15) is 41.9 Å². The van der Waals surface area contributed by atoms with E-state index in [4.69, 9.17) is 4.74 Å². The maximum absolute atomic E-state index is 13.0. The molecule has 1 heterocycles. The summed E-state index contributed by atoms with van der Waals surface area (Å²) >= 11 is 0. The van der Waals surface area contributed by atoms with Gasteiger partial charge in [-0.2, -0.15) is 4.31 Å². The van der Waals surface area contributed by atoms with Crippen molar-refractivity contribution in [3.05, 3.63) is 65.4 Å². The van der Waals surface area contributed by atoms with Crippen molar-refractivity contribution in [3.8, 4) is 0 Å². The Morgan fingerprint density at radius 3 is 2.59 bits per heavy atom. The zero-order chi connectivity index (χ0) is 24.3. The van der Waals surface area contributed by atoms with Gasteiger partial charge in [0.25, 0.3) is 5.91 Å². The van der Waals surface area contributed by atoms with Gasteiger partial charge >= 0.3 is 5.97 Å². The summed E-state index contributed by atoms with van der Waals surface area (Å²) in [4.78, 5) is 30.2. The number of anilines is 1. The number of aryl methyl sites for hydroxylation is 1. The van der Waals surface area contributed by atoms with Crippen molar-refractivity contribution in [1.82, 2.24) is 9.29 Å². The Hall–Kier alpha value is -3.30. The van der Waals surface area contributed by atoms with E-state index < -0.39 is 28.5 Å². The van der Waals surface area contributed by atoms with E-state index in [2.05, 4.69) is 10.3 Å². The summed E-state index contributed by atoms with van der Waals surface area (Å²) < 4.78 is 32.2. The fourth-order valence-corrected chi connectivity index (χ4v) is 5.80. The topological polar surface area (TPSA) is 106 Å². The Morgan fingerprint density at radius 2 is 1.82 bits per heavy atom. The van der Waals surface area contributed by atoms with E-state index in [9.17, 15) is 18.0 Å². The van der Waals surface area contributed by atoms with Crippen LogP contribution in [0.25, 0.3) is 10.9 Å². The minimum Gasteiger partial charge on any atom is -0.452 e. The highest BCUT2D eigenvalue weighted by molar-refractivity contribution is 7.89. The van der Waals surface area contributed by atoms with E-state index in [1.165, 1.54) is 16.4 Å². The highest BCUT2D eigenvalue weighted by atomic mass is 32.2. The third-order valence-corrected chi connectivity index (χ3v) is 7.96. The van der Waals surface area contributed by atoms with Gasteiger partial charge in [0.2, 0.25) is 10.0 Å². The molecule has 0 spiro atoms. The van der Waals surface area contributed by atoms with E-state index in [0.29, 0.717) is 29.7 Å². The molecule has 0 aliphatic heterocycles. The predicted molar refractivity (Wildman–Crippen MR) is 129 cm³/mol. The summed E-state index contributed by atoms with van der Waals surface area (Å²) in [6.07, 6.45) is 2.48. The number of hydrogen-bond donors (Lipinski definition) is 1. The van der Waals surface area contributed by atoms with Crippen LogP contribution < -0.4 is 5.32 Å². The molecular formula is C25H27N3O5S. The number of benzene rings is 2. The van der Waals surface area contributed by atoms with Crippen molar-refractivity contribution in [3.63, 3.8) is 0 Å². The number of esters is 1. The molecule has 9 heteroatoms. The normalized spacial score (nSPS) is 13.1. The first-order valence-corrected chi connectivity index (χ1v) is 12.8. The smallest absolute Gasteiger partial charge is 0.339 e. The number of rotatable bonds is 8. The first kappa shape index (κ1) is 23.8. The quantitative estimate of drug-likeness (QED) is 0.493. The molecular weight excluding hydrogens is 454 g/mol. The number of nitrogens with zero attached hydrogens (tertiary/aromatic N) is 2. The van der Waals surface area contributed by atoms with Crippen LogP contribution in [0.2, 0.25) is 0 Å². The predicted octanol–water partition coefficient (Wildman–Crippen LogP) is 3.55. The zero-order valence-corrected chi connectivity index (χ0v) is 20.0. The van der Waals surface area contributed by atoms with Crippen molar-refractivity contribution in [2.45, 2.75) is 38.0 Å². The number of amides is 1. The third-order valence-electron chi connectivity index (χ3n) is 5.92. The number of fused-ring (bicyclic) bond motifs is 2. The molecule has 4 rings (SSSR count). The number of para-hydroxylation sites is 1. The number of carbonyl (C=O) groups is 2. The number of ether oxygens (including phenoxy) is 1. The summed E-state index contributed by atoms with van der Waals surface area (Å²) in [5.74, 6) is -1.12. The van der Waals surface area contributed by atoms with E-state index in [0.717, 1.165) is 36.0 Å². The lowest BCUT2D eigenvalue weighted by Gasteiger charge is -2.18. The number of pyridine rings is 1. The Morgan fingerprint density at radius 1 is 1.06 bits per heavy atom. The van der Waals surface area contributed by atoms with Gasteiger partial charge < -0.3 is 10.1 Å². The summed E-state index contributed by atoms with van der Waals surface area (Å²) in [6, 6.07) is 13.4. The van der Waals surface area contributed by atoms with Crippen LogP contribution in [-0.2, 0) is 32.4 Å². The van der Waals surface area contributed by atoms with Crippen molar-refractivity contribution in [1.29, 1.82) is 0 Å². The monoisotopic (exact) mass is 481 g/mol.